The van der Waals surface area contributed by atoms with Crippen LogP contribution in [-0.4, -0.2) is 36.4 Å². The van der Waals surface area contributed by atoms with Gasteiger partial charge in [-0.25, -0.2) is 14.8 Å². The molecule has 0 aromatic carbocycles. The van der Waals surface area contributed by atoms with Crippen molar-refractivity contribution in [2.75, 3.05) is 11.9 Å². The van der Waals surface area contributed by atoms with E-state index in [1.807, 2.05) is 13.0 Å². The number of imidazole rings is 1. The summed E-state index contributed by atoms with van der Waals surface area (Å²) in [6.45, 7) is 6.12. The number of aliphatic hydroxyl groups is 1. The van der Waals surface area contributed by atoms with E-state index in [9.17, 15) is 9.90 Å². The van der Waals surface area contributed by atoms with Crippen molar-refractivity contribution in [1.29, 1.82) is 0 Å². The van der Waals surface area contributed by atoms with E-state index in [1.54, 1.807) is 9.13 Å². The first-order chi connectivity index (χ1) is 12.0. The molecular formula is C18H25N5O2. The fraction of sp³-hybridized carbons (Fsp3) is 0.611. The molecule has 3 heterocycles. The van der Waals surface area contributed by atoms with Crippen LogP contribution < -0.4 is 11.0 Å². The van der Waals surface area contributed by atoms with E-state index in [-0.39, 0.29) is 5.69 Å². The molecule has 3 aliphatic heterocycles. The van der Waals surface area contributed by atoms with Gasteiger partial charge in [-0.15, -0.1) is 0 Å². The van der Waals surface area contributed by atoms with Crippen molar-refractivity contribution < 1.29 is 5.11 Å². The Balaban J connectivity index is 1.87. The number of anilines is 1. The van der Waals surface area contributed by atoms with E-state index >= 15 is 0 Å². The van der Waals surface area contributed by atoms with Crippen molar-refractivity contribution in [3.8, 4) is 11.5 Å². The molecule has 0 amide bonds. The molecule has 1 atom stereocenters. The van der Waals surface area contributed by atoms with E-state index < -0.39 is 5.60 Å². The highest BCUT2D eigenvalue weighted by Gasteiger charge is 2.29. The maximum atomic E-state index is 12.9. The van der Waals surface area contributed by atoms with Gasteiger partial charge in [-0.2, -0.15) is 0 Å². The summed E-state index contributed by atoms with van der Waals surface area (Å²) in [5, 5.41) is 13.5. The number of fused-ring (bicyclic) bond motifs is 3. The number of hydrogen-bond donors (Lipinski definition) is 2. The molecule has 7 heteroatoms. The number of aromatic nitrogens is 4. The van der Waals surface area contributed by atoms with Gasteiger partial charge in [0.05, 0.1) is 5.60 Å². The quantitative estimate of drug-likeness (QED) is 0.891. The molecule has 2 N–H and O–H groups in total. The highest BCUT2D eigenvalue weighted by Crippen LogP contribution is 2.35. The molecule has 4 rings (SSSR count). The second kappa shape index (κ2) is 5.98. The van der Waals surface area contributed by atoms with Gasteiger partial charge in [0.15, 0.2) is 11.6 Å². The predicted octanol–water partition coefficient (Wildman–Crippen LogP) is 2.09. The molecule has 134 valence electrons. The van der Waals surface area contributed by atoms with E-state index in [0.717, 1.165) is 42.9 Å². The van der Waals surface area contributed by atoms with Gasteiger partial charge in [0, 0.05) is 19.6 Å². The number of nitrogens with one attached hydrogen (secondary N) is 1. The Morgan fingerprint density at radius 1 is 1.40 bits per heavy atom. The summed E-state index contributed by atoms with van der Waals surface area (Å²) in [5.74, 6) is 2.15. The largest absolute Gasteiger partial charge is 0.390 e. The lowest BCUT2D eigenvalue weighted by molar-refractivity contribution is 0.0523. The van der Waals surface area contributed by atoms with Crippen molar-refractivity contribution in [1.82, 2.24) is 19.1 Å². The monoisotopic (exact) mass is 343 g/mol. The third kappa shape index (κ3) is 2.76. The Morgan fingerprint density at radius 3 is 2.96 bits per heavy atom. The molecule has 0 aromatic rings. The standard InChI is InChI=1S/C18H25N5O2/c1-3-10-22-16-13(15-19-9-4-11-23(15)17(22)24)20-14(21-16)12-5-7-18(2,25)8-6-12/h5,19,25H,3-4,6-11H2,1-2H3. The zero-order chi connectivity index (χ0) is 17.6. The average molecular weight is 343 g/mol. The van der Waals surface area contributed by atoms with Crippen LogP contribution in [0.3, 0.4) is 0 Å². The summed E-state index contributed by atoms with van der Waals surface area (Å²) in [5.41, 5.74) is 1.19. The predicted molar refractivity (Wildman–Crippen MR) is 96.8 cm³/mol. The van der Waals surface area contributed by atoms with E-state index in [1.165, 1.54) is 0 Å². The molecule has 4 aliphatic rings. The molecule has 0 spiro atoms. The third-order valence-corrected chi connectivity index (χ3v) is 5.16. The van der Waals surface area contributed by atoms with Crippen LogP contribution in [0, 0.1) is 0 Å². The zero-order valence-corrected chi connectivity index (χ0v) is 14.9. The first kappa shape index (κ1) is 16.3. The topological polar surface area (TPSA) is 85.0 Å². The summed E-state index contributed by atoms with van der Waals surface area (Å²) in [6, 6.07) is 0. The molecular weight excluding hydrogens is 318 g/mol. The Bertz CT molecular complexity index is 861. The van der Waals surface area contributed by atoms with Crippen LogP contribution in [0.2, 0.25) is 0 Å². The van der Waals surface area contributed by atoms with Gasteiger partial charge in [0.1, 0.15) is 11.5 Å². The summed E-state index contributed by atoms with van der Waals surface area (Å²) >= 11 is 0. The second-order valence-electron chi connectivity index (χ2n) is 7.36. The normalized spacial score (nSPS) is 23.2. The summed E-state index contributed by atoms with van der Waals surface area (Å²) < 4.78 is 3.54. The number of allylic oxidation sites excluding steroid dienone is 1. The van der Waals surface area contributed by atoms with Gasteiger partial charge < -0.3 is 10.4 Å². The maximum Gasteiger partial charge on any atom is 0.331 e. The van der Waals surface area contributed by atoms with Gasteiger partial charge in [0.2, 0.25) is 0 Å². The van der Waals surface area contributed by atoms with Gasteiger partial charge in [-0.05, 0) is 44.6 Å². The molecule has 0 bridgehead atoms. The van der Waals surface area contributed by atoms with Crippen molar-refractivity contribution in [2.45, 2.75) is 64.6 Å². The van der Waals surface area contributed by atoms with Gasteiger partial charge in [-0.1, -0.05) is 13.0 Å². The van der Waals surface area contributed by atoms with E-state index in [2.05, 4.69) is 12.2 Å². The van der Waals surface area contributed by atoms with Crippen LogP contribution in [0.15, 0.2) is 10.9 Å². The first-order valence-corrected chi connectivity index (χ1v) is 9.17. The van der Waals surface area contributed by atoms with Crippen LogP contribution in [0.25, 0.3) is 17.1 Å². The van der Waals surface area contributed by atoms with Crippen LogP contribution >= 0.6 is 0 Å². The highest BCUT2D eigenvalue weighted by atomic mass is 16.3. The Morgan fingerprint density at radius 2 is 2.24 bits per heavy atom. The Hall–Kier alpha value is -2.15. The van der Waals surface area contributed by atoms with Crippen LogP contribution in [0.5, 0.6) is 0 Å². The lowest BCUT2D eigenvalue weighted by Crippen LogP contribution is -2.37. The highest BCUT2D eigenvalue weighted by molar-refractivity contribution is 5.73. The molecule has 7 nitrogen and oxygen atoms in total. The SMILES string of the molecule is CCCn1c2nc(C3=CCC(C)(O)CC3)nc-2c2n(c1=O)CCCN2. The fourth-order valence-electron chi connectivity index (χ4n) is 3.69. The van der Waals surface area contributed by atoms with Crippen molar-refractivity contribution in [3.05, 3.63) is 22.4 Å². The lowest BCUT2D eigenvalue weighted by Gasteiger charge is -2.26. The summed E-state index contributed by atoms with van der Waals surface area (Å²) in [7, 11) is 0. The average Bonchev–Trinajstić information content (AvgIpc) is 3.04. The molecule has 0 saturated carbocycles. The van der Waals surface area contributed by atoms with Crippen LogP contribution in [0.1, 0.15) is 51.8 Å². The number of hydrogen-bond acceptors (Lipinski definition) is 5. The molecule has 0 saturated heterocycles. The van der Waals surface area contributed by atoms with E-state index in [4.69, 9.17) is 9.97 Å². The minimum atomic E-state index is -0.642. The minimum Gasteiger partial charge on any atom is -0.390 e. The molecule has 1 unspecified atom stereocenters. The maximum absolute atomic E-state index is 12.9. The second-order valence-corrected chi connectivity index (χ2v) is 7.36. The minimum absolute atomic E-state index is 0.0106. The molecule has 0 aromatic heterocycles. The lowest BCUT2D eigenvalue weighted by atomic mass is 9.87. The van der Waals surface area contributed by atoms with Crippen LogP contribution in [-0.2, 0) is 13.1 Å². The smallest absolute Gasteiger partial charge is 0.331 e. The van der Waals surface area contributed by atoms with Crippen molar-refractivity contribution >= 4 is 11.4 Å². The number of rotatable bonds is 3. The van der Waals surface area contributed by atoms with Crippen LogP contribution in [0.4, 0.5) is 5.82 Å². The summed E-state index contributed by atoms with van der Waals surface area (Å²) in [4.78, 5) is 22.4. The first-order valence-electron chi connectivity index (χ1n) is 9.17. The molecule has 25 heavy (non-hydrogen) atoms. The van der Waals surface area contributed by atoms with E-state index in [0.29, 0.717) is 37.6 Å². The number of nitrogens with zero attached hydrogens (tertiary/aromatic N) is 4. The molecule has 0 fully saturated rings. The van der Waals surface area contributed by atoms with Gasteiger partial charge in [0.25, 0.3) is 0 Å². The fourth-order valence-corrected chi connectivity index (χ4v) is 3.69. The van der Waals surface area contributed by atoms with Gasteiger partial charge in [-0.3, -0.25) is 9.13 Å². The molecule has 0 radical (unpaired) electrons. The Labute approximate surface area is 146 Å². The zero-order valence-electron chi connectivity index (χ0n) is 14.9. The van der Waals surface area contributed by atoms with Gasteiger partial charge >= 0.3 is 5.69 Å². The summed E-state index contributed by atoms with van der Waals surface area (Å²) in [6.07, 6.45) is 5.91. The van der Waals surface area contributed by atoms with Crippen molar-refractivity contribution in [3.63, 3.8) is 0 Å². The molecule has 1 aliphatic carbocycles. The van der Waals surface area contributed by atoms with Crippen molar-refractivity contribution in [2.24, 2.45) is 0 Å². The third-order valence-electron chi connectivity index (χ3n) is 5.16. The Kier molecular flexibility index (Phi) is 3.91.